The highest BCUT2D eigenvalue weighted by molar-refractivity contribution is 5.71. The second-order valence-corrected chi connectivity index (χ2v) is 4.83. The molecule has 0 radical (unpaired) electrons. The van der Waals surface area contributed by atoms with Crippen molar-refractivity contribution in [1.29, 1.82) is 0 Å². The third kappa shape index (κ3) is 3.80. The Kier molecular flexibility index (Phi) is 3.73. The summed E-state index contributed by atoms with van der Waals surface area (Å²) in [5.74, 6) is -1.02. The second kappa shape index (κ2) is 4.49. The number of ether oxygens (including phenoxy) is 3. The van der Waals surface area contributed by atoms with Crippen LogP contribution >= 0.6 is 0 Å². The fourth-order valence-electron chi connectivity index (χ4n) is 1.64. The lowest BCUT2D eigenvalue weighted by Gasteiger charge is -2.27. The lowest BCUT2D eigenvalue weighted by atomic mass is 10.1. The van der Waals surface area contributed by atoms with Gasteiger partial charge in [-0.1, -0.05) is 0 Å². The largest absolute Gasteiger partial charge is 0.460 e. The molecule has 15 heavy (non-hydrogen) atoms. The summed E-state index contributed by atoms with van der Waals surface area (Å²) < 4.78 is 15.9. The standard InChI is InChI=1S/C11H20O4/c1-10(2,3)15-9(12)8-11(13-4)6-5-7-14-11/h5-8H2,1-4H3. The van der Waals surface area contributed by atoms with Crippen molar-refractivity contribution in [2.75, 3.05) is 13.7 Å². The zero-order chi connectivity index (χ0) is 11.5. The molecule has 0 N–H and O–H groups in total. The minimum atomic E-state index is -0.748. The first-order valence-electron chi connectivity index (χ1n) is 5.28. The van der Waals surface area contributed by atoms with E-state index in [4.69, 9.17) is 14.2 Å². The summed E-state index contributed by atoms with van der Waals surface area (Å²) in [6.07, 6.45) is 1.85. The highest BCUT2D eigenvalue weighted by Crippen LogP contribution is 2.30. The summed E-state index contributed by atoms with van der Waals surface area (Å²) in [6.45, 7) is 6.19. The minimum absolute atomic E-state index is 0.167. The van der Waals surface area contributed by atoms with E-state index in [2.05, 4.69) is 0 Å². The van der Waals surface area contributed by atoms with E-state index in [1.807, 2.05) is 20.8 Å². The van der Waals surface area contributed by atoms with Crippen LogP contribution in [0.1, 0.15) is 40.0 Å². The summed E-state index contributed by atoms with van der Waals surface area (Å²) in [6, 6.07) is 0. The molecule has 1 unspecified atom stereocenters. The number of carbonyl (C=O) groups is 1. The predicted octanol–water partition coefficient (Wildman–Crippen LogP) is 1.87. The van der Waals surface area contributed by atoms with Crippen LogP contribution in [0.3, 0.4) is 0 Å². The summed E-state index contributed by atoms with van der Waals surface area (Å²) in [7, 11) is 1.57. The van der Waals surface area contributed by atoms with Crippen LogP contribution < -0.4 is 0 Å². The minimum Gasteiger partial charge on any atom is -0.460 e. The van der Waals surface area contributed by atoms with E-state index in [9.17, 15) is 4.79 Å². The van der Waals surface area contributed by atoms with Crippen molar-refractivity contribution in [3.63, 3.8) is 0 Å². The molecule has 0 bridgehead atoms. The van der Waals surface area contributed by atoms with Gasteiger partial charge in [0.25, 0.3) is 0 Å². The molecule has 1 aliphatic rings. The van der Waals surface area contributed by atoms with Crippen molar-refractivity contribution < 1.29 is 19.0 Å². The van der Waals surface area contributed by atoms with E-state index in [-0.39, 0.29) is 12.4 Å². The molecule has 0 saturated carbocycles. The Morgan fingerprint density at radius 2 is 2.13 bits per heavy atom. The van der Waals surface area contributed by atoms with Gasteiger partial charge in [0.15, 0.2) is 5.79 Å². The molecular weight excluding hydrogens is 196 g/mol. The van der Waals surface area contributed by atoms with Crippen LogP contribution in [0.2, 0.25) is 0 Å². The van der Waals surface area contributed by atoms with Crippen molar-refractivity contribution in [1.82, 2.24) is 0 Å². The first-order chi connectivity index (χ1) is 6.87. The number of hydrogen-bond acceptors (Lipinski definition) is 4. The fraction of sp³-hybridized carbons (Fsp3) is 0.909. The highest BCUT2D eigenvalue weighted by atomic mass is 16.7. The maximum atomic E-state index is 11.6. The Balaban J connectivity index is 2.49. The molecule has 1 rings (SSSR count). The van der Waals surface area contributed by atoms with Crippen LogP contribution in [0.4, 0.5) is 0 Å². The van der Waals surface area contributed by atoms with Gasteiger partial charge >= 0.3 is 5.97 Å². The number of carbonyl (C=O) groups excluding carboxylic acids is 1. The number of esters is 1. The van der Waals surface area contributed by atoms with Crippen LogP contribution in [0, 0.1) is 0 Å². The van der Waals surface area contributed by atoms with Gasteiger partial charge < -0.3 is 14.2 Å². The van der Waals surface area contributed by atoms with E-state index in [0.717, 1.165) is 12.8 Å². The average Bonchev–Trinajstić information content (AvgIpc) is 2.50. The maximum absolute atomic E-state index is 11.6. The smallest absolute Gasteiger partial charge is 0.311 e. The lowest BCUT2D eigenvalue weighted by molar-refractivity contribution is -0.209. The molecule has 0 aromatic carbocycles. The Hall–Kier alpha value is -0.610. The molecule has 0 spiro atoms. The first-order valence-corrected chi connectivity index (χ1v) is 5.28. The third-order valence-electron chi connectivity index (χ3n) is 2.27. The fourth-order valence-corrected chi connectivity index (χ4v) is 1.64. The summed E-state index contributed by atoms with van der Waals surface area (Å²) in [5.41, 5.74) is -0.454. The van der Waals surface area contributed by atoms with E-state index >= 15 is 0 Å². The normalized spacial score (nSPS) is 26.7. The van der Waals surface area contributed by atoms with Gasteiger partial charge in [-0.2, -0.15) is 0 Å². The molecule has 1 fully saturated rings. The zero-order valence-corrected chi connectivity index (χ0v) is 9.96. The van der Waals surface area contributed by atoms with Gasteiger partial charge in [-0.3, -0.25) is 4.79 Å². The Morgan fingerprint density at radius 3 is 2.53 bits per heavy atom. The van der Waals surface area contributed by atoms with Gasteiger partial charge in [-0.05, 0) is 27.2 Å². The number of methoxy groups -OCH3 is 1. The molecule has 1 aliphatic heterocycles. The summed E-state index contributed by atoms with van der Waals surface area (Å²) >= 11 is 0. The quantitative estimate of drug-likeness (QED) is 0.676. The van der Waals surface area contributed by atoms with Gasteiger partial charge in [0.05, 0.1) is 13.0 Å². The Bertz CT molecular complexity index is 223. The topological polar surface area (TPSA) is 44.8 Å². The molecular formula is C11H20O4. The number of rotatable bonds is 3. The van der Waals surface area contributed by atoms with Gasteiger partial charge in [-0.15, -0.1) is 0 Å². The first kappa shape index (κ1) is 12.5. The number of hydrogen-bond donors (Lipinski definition) is 0. The van der Waals surface area contributed by atoms with Crippen molar-refractivity contribution in [3.8, 4) is 0 Å². The van der Waals surface area contributed by atoms with Crippen LogP contribution in [0.15, 0.2) is 0 Å². The van der Waals surface area contributed by atoms with Crippen molar-refractivity contribution >= 4 is 5.97 Å². The predicted molar refractivity (Wildman–Crippen MR) is 55.4 cm³/mol. The highest BCUT2D eigenvalue weighted by Gasteiger charge is 2.38. The Morgan fingerprint density at radius 1 is 1.47 bits per heavy atom. The Labute approximate surface area is 90.9 Å². The van der Waals surface area contributed by atoms with E-state index in [0.29, 0.717) is 6.61 Å². The SMILES string of the molecule is COC1(CC(=O)OC(C)(C)C)CCCO1. The molecule has 4 nitrogen and oxygen atoms in total. The molecule has 88 valence electrons. The van der Waals surface area contributed by atoms with Gasteiger partial charge in [-0.25, -0.2) is 0 Å². The summed E-state index contributed by atoms with van der Waals surface area (Å²) in [5, 5.41) is 0. The van der Waals surface area contributed by atoms with Crippen LogP contribution in [0.5, 0.6) is 0 Å². The maximum Gasteiger partial charge on any atom is 0.311 e. The van der Waals surface area contributed by atoms with E-state index in [1.54, 1.807) is 7.11 Å². The van der Waals surface area contributed by atoms with Crippen LogP contribution in [-0.4, -0.2) is 31.1 Å². The van der Waals surface area contributed by atoms with Crippen LogP contribution in [0.25, 0.3) is 0 Å². The molecule has 0 amide bonds. The molecule has 4 heteroatoms. The summed E-state index contributed by atoms with van der Waals surface area (Å²) in [4.78, 5) is 11.6. The zero-order valence-electron chi connectivity index (χ0n) is 9.96. The monoisotopic (exact) mass is 216 g/mol. The second-order valence-electron chi connectivity index (χ2n) is 4.83. The molecule has 0 aromatic heterocycles. The molecule has 1 saturated heterocycles. The molecule has 0 aliphatic carbocycles. The van der Waals surface area contributed by atoms with Crippen molar-refractivity contribution in [2.45, 2.75) is 51.4 Å². The van der Waals surface area contributed by atoms with Gasteiger partial charge in [0.1, 0.15) is 5.60 Å². The van der Waals surface area contributed by atoms with E-state index < -0.39 is 11.4 Å². The van der Waals surface area contributed by atoms with Gasteiger partial charge in [0.2, 0.25) is 0 Å². The lowest BCUT2D eigenvalue weighted by Crippen LogP contribution is -2.36. The van der Waals surface area contributed by atoms with Gasteiger partial charge in [0, 0.05) is 13.5 Å². The van der Waals surface area contributed by atoms with Crippen LogP contribution in [-0.2, 0) is 19.0 Å². The van der Waals surface area contributed by atoms with Crippen molar-refractivity contribution in [3.05, 3.63) is 0 Å². The molecule has 0 aromatic rings. The molecule has 1 heterocycles. The third-order valence-corrected chi connectivity index (χ3v) is 2.27. The van der Waals surface area contributed by atoms with E-state index in [1.165, 1.54) is 0 Å². The molecule has 1 atom stereocenters. The van der Waals surface area contributed by atoms with Crippen molar-refractivity contribution in [2.24, 2.45) is 0 Å². The average molecular weight is 216 g/mol.